The number of benzene rings is 2. The Morgan fingerprint density at radius 3 is 2.48 bits per heavy atom. The van der Waals surface area contributed by atoms with E-state index in [-0.39, 0.29) is 12.3 Å². The second-order valence-corrected chi connectivity index (χ2v) is 8.12. The Bertz CT molecular complexity index is 758. The minimum absolute atomic E-state index is 0.0379. The molecule has 4 nitrogen and oxygen atoms in total. The van der Waals surface area contributed by atoms with Crippen molar-refractivity contribution in [1.82, 2.24) is 4.72 Å². The standard InChI is InChI=1S/C17H20BrNO3S/c1-13-3-4-14(2)17(11-13)22-10-9-19-23(20,21)12-15-5-7-16(18)8-6-15/h3-8,11,19H,9-10,12H2,1-2H3. The van der Waals surface area contributed by atoms with Crippen LogP contribution in [0.15, 0.2) is 46.9 Å². The minimum atomic E-state index is -3.37. The largest absolute Gasteiger partial charge is 0.492 e. The number of ether oxygens (including phenoxy) is 1. The zero-order chi connectivity index (χ0) is 16.9. The fourth-order valence-electron chi connectivity index (χ4n) is 2.07. The maximum atomic E-state index is 12.0. The summed E-state index contributed by atoms with van der Waals surface area (Å²) in [6.07, 6.45) is 0. The first kappa shape index (κ1) is 18.0. The van der Waals surface area contributed by atoms with Gasteiger partial charge >= 0.3 is 0 Å². The van der Waals surface area contributed by atoms with Crippen LogP contribution in [-0.4, -0.2) is 21.6 Å². The highest BCUT2D eigenvalue weighted by Crippen LogP contribution is 2.18. The van der Waals surface area contributed by atoms with Crippen molar-refractivity contribution in [2.75, 3.05) is 13.2 Å². The molecule has 0 radical (unpaired) electrons. The van der Waals surface area contributed by atoms with Crippen LogP contribution in [0.25, 0.3) is 0 Å². The lowest BCUT2D eigenvalue weighted by Gasteiger charge is -2.11. The summed E-state index contributed by atoms with van der Waals surface area (Å²) in [5, 5.41) is 0. The number of hydrogen-bond acceptors (Lipinski definition) is 3. The SMILES string of the molecule is Cc1ccc(C)c(OCCNS(=O)(=O)Cc2ccc(Br)cc2)c1. The monoisotopic (exact) mass is 397 g/mol. The zero-order valence-corrected chi connectivity index (χ0v) is 15.6. The van der Waals surface area contributed by atoms with E-state index in [1.54, 1.807) is 12.1 Å². The lowest BCUT2D eigenvalue weighted by atomic mass is 10.1. The van der Waals surface area contributed by atoms with Gasteiger partial charge in [-0.1, -0.05) is 40.2 Å². The summed E-state index contributed by atoms with van der Waals surface area (Å²) in [5.41, 5.74) is 2.89. The molecule has 23 heavy (non-hydrogen) atoms. The summed E-state index contributed by atoms with van der Waals surface area (Å²) in [6, 6.07) is 13.2. The summed E-state index contributed by atoms with van der Waals surface area (Å²) < 4.78 is 33.2. The maximum Gasteiger partial charge on any atom is 0.215 e. The van der Waals surface area contributed by atoms with Gasteiger partial charge in [0.15, 0.2) is 0 Å². The van der Waals surface area contributed by atoms with Crippen LogP contribution in [0.4, 0.5) is 0 Å². The fourth-order valence-corrected chi connectivity index (χ4v) is 3.46. The molecular formula is C17H20BrNO3S. The van der Waals surface area contributed by atoms with Crippen molar-refractivity contribution in [1.29, 1.82) is 0 Å². The molecule has 6 heteroatoms. The summed E-state index contributed by atoms with van der Waals surface area (Å²) in [5.74, 6) is 0.751. The highest BCUT2D eigenvalue weighted by Gasteiger charge is 2.11. The molecule has 0 amide bonds. The van der Waals surface area contributed by atoms with Gasteiger partial charge in [0.25, 0.3) is 0 Å². The number of rotatable bonds is 7. The number of sulfonamides is 1. The van der Waals surface area contributed by atoms with E-state index in [0.29, 0.717) is 6.61 Å². The summed E-state index contributed by atoms with van der Waals surface area (Å²) >= 11 is 3.33. The van der Waals surface area contributed by atoms with Crippen molar-refractivity contribution in [3.63, 3.8) is 0 Å². The Morgan fingerprint density at radius 2 is 1.78 bits per heavy atom. The molecule has 0 bridgehead atoms. The zero-order valence-electron chi connectivity index (χ0n) is 13.2. The van der Waals surface area contributed by atoms with E-state index in [2.05, 4.69) is 20.7 Å². The van der Waals surface area contributed by atoms with Gasteiger partial charge in [-0.05, 0) is 48.7 Å². The van der Waals surface area contributed by atoms with E-state index >= 15 is 0 Å². The molecular weight excluding hydrogens is 378 g/mol. The molecule has 2 aromatic carbocycles. The molecule has 2 aromatic rings. The van der Waals surface area contributed by atoms with Gasteiger partial charge < -0.3 is 4.74 Å². The smallest absolute Gasteiger partial charge is 0.215 e. The number of hydrogen-bond donors (Lipinski definition) is 1. The van der Waals surface area contributed by atoms with Crippen molar-refractivity contribution >= 4 is 26.0 Å². The molecule has 124 valence electrons. The van der Waals surface area contributed by atoms with Crippen LogP contribution in [-0.2, 0) is 15.8 Å². The van der Waals surface area contributed by atoms with Crippen molar-refractivity contribution in [3.05, 3.63) is 63.6 Å². The molecule has 2 rings (SSSR count). The average Bonchev–Trinajstić information content (AvgIpc) is 2.49. The highest BCUT2D eigenvalue weighted by molar-refractivity contribution is 9.10. The van der Waals surface area contributed by atoms with Crippen LogP contribution in [0.2, 0.25) is 0 Å². The van der Waals surface area contributed by atoms with E-state index in [9.17, 15) is 8.42 Å². The molecule has 0 atom stereocenters. The van der Waals surface area contributed by atoms with Gasteiger partial charge in [-0.15, -0.1) is 0 Å². The Morgan fingerprint density at radius 1 is 1.09 bits per heavy atom. The summed E-state index contributed by atoms with van der Waals surface area (Å²) in [7, 11) is -3.37. The number of aryl methyl sites for hydroxylation is 2. The van der Waals surface area contributed by atoms with Gasteiger partial charge in [0.2, 0.25) is 10.0 Å². The third-order valence-electron chi connectivity index (χ3n) is 3.30. The summed E-state index contributed by atoms with van der Waals surface area (Å²) in [4.78, 5) is 0. The van der Waals surface area contributed by atoms with Crippen LogP contribution in [0.5, 0.6) is 5.75 Å². The highest BCUT2D eigenvalue weighted by atomic mass is 79.9. The van der Waals surface area contributed by atoms with Gasteiger partial charge in [0.05, 0.1) is 5.75 Å². The van der Waals surface area contributed by atoms with Crippen molar-refractivity contribution < 1.29 is 13.2 Å². The minimum Gasteiger partial charge on any atom is -0.492 e. The third-order valence-corrected chi connectivity index (χ3v) is 5.18. The van der Waals surface area contributed by atoms with E-state index in [1.807, 2.05) is 44.2 Å². The van der Waals surface area contributed by atoms with Crippen LogP contribution in [0, 0.1) is 13.8 Å². The topological polar surface area (TPSA) is 55.4 Å². The van der Waals surface area contributed by atoms with Crippen LogP contribution < -0.4 is 9.46 Å². The molecule has 0 saturated heterocycles. The molecule has 0 aliphatic rings. The molecule has 0 spiro atoms. The van der Waals surface area contributed by atoms with Gasteiger partial charge in [-0.25, -0.2) is 13.1 Å². The Kier molecular flexibility index (Phi) is 6.21. The second kappa shape index (κ2) is 7.95. The molecule has 1 N–H and O–H groups in total. The Hall–Kier alpha value is -1.37. The lowest BCUT2D eigenvalue weighted by molar-refractivity contribution is 0.320. The Labute approximate surface area is 146 Å². The quantitative estimate of drug-likeness (QED) is 0.726. The summed E-state index contributed by atoms with van der Waals surface area (Å²) in [6.45, 7) is 4.50. The molecule has 0 aromatic heterocycles. The number of nitrogens with one attached hydrogen (secondary N) is 1. The van der Waals surface area contributed by atoms with Crippen molar-refractivity contribution in [3.8, 4) is 5.75 Å². The van der Waals surface area contributed by atoms with Crippen molar-refractivity contribution in [2.24, 2.45) is 0 Å². The van der Waals surface area contributed by atoms with E-state index in [1.165, 1.54) is 0 Å². The van der Waals surface area contributed by atoms with Crippen molar-refractivity contribution in [2.45, 2.75) is 19.6 Å². The maximum absolute atomic E-state index is 12.0. The first-order chi connectivity index (χ1) is 10.9. The molecule has 0 fully saturated rings. The van der Waals surface area contributed by atoms with Gasteiger partial charge in [-0.3, -0.25) is 0 Å². The second-order valence-electron chi connectivity index (χ2n) is 5.40. The molecule has 0 saturated carbocycles. The van der Waals surface area contributed by atoms with E-state index in [4.69, 9.17) is 4.74 Å². The molecule has 0 aliphatic heterocycles. The van der Waals surface area contributed by atoms with E-state index < -0.39 is 10.0 Å². The van der Waals surface area contributed by atoms with Crippen LogP contribution in [0.3, 0.4) is 0 Å². The molecule has 0 heterocycles. The van der Waals surface area contributed by atoms with Crippen LogP contribution >= 0.6 is 15.9 Å². The first-order valence-electron chi connectivity index (χ1n) is 7.27. The fraction of sp³-hybridized carbons (Fsp3) is 0.294. The third kappa shape index (κ3) is 5.97. The molecule has 0 aliphatic carbocycles. The molecule has 0 unspecified atom stereocenters. The predicted octanol–water partition coefficient (Wildman–Crippen LogP) is 3.56. The Balaban J connectivity index is 1.83. The predicted molar refractivity (Wildman–Crippen MR) is 96.2 cm³/mol. The van der Waals surface area contributed by atoms with Gasteiger partial charge in [0.1, 0.15) is 12.4 Å². The first-order valence-corrected chi connectivity index (χ1v) is 9.72. The van der Waals surface area contributed by atoms with Crippen LogP contribution in [0.1, 0.15) is 16.7 Å². The van der Waals surface area contributed by atoms with E-state index in [0.717, 1.165) is 26.9 Å². The normalized spacial score (nSPS) is 11.4. The lowest BCUT2D eigenvalue weighted by Crippen LogP contribution is -2.29. The van der Waals surface area contributed by atoms with Gasteiger partial charge in [-0.2, -0.15) is 0 Å². The number of halogens is 1. The van der Waals surface area contributed by atoms with Gasteiger partial charge in [0, 0.05) is 11.0 Å². The average molecular weight is 398 g/mol.